The van der Waals surface area contributed by atoms with Gasteiger partial charge in [0.1, 0.15) is 11.8 Å². The Hall–Kier alpha value is -2.68. The van der Waals surface area contributed by atoms with Gasteiger partial charge in [-0.15, -0.1) is 6.58 Å². The number of carbonyl (C=O) groups is 2. The number of amides is 1. The van der Waals surface area contributed by atoms with Crippen molar-refractivity contribution in [3.05, 3.63) is 43.0 Å². The number of benzene rings is 1. The minimum atomic E-state index is -3.16. The molecule has 2 aliphatic rings. The molecule has 1 saturated heterocycles. The van der Waals surface area contributed by atoms with Gasteiger partial charge in [-0.25, -0.2) is 13.2 Å². The molecule has 0 N–H and O–H groups in total. The van der Waals surface area contributed by atoms with Gasteiger partial charge in [0.05, 0.1) is 23.8 Å². The Morgan fingerprint density at radius 1 is 1.34 bits per heavy atom. The third-order valence-corrected chi connectivity index (χ3v) is 6.74. The van der Waals surface area contributed by atoms with Gasteiger partial charge in [-0.3, -0.25) is 9.80 Å². The topological polar surface area (TPSA) is 96.3 Å². The van der Waals surface area contributed by atoms with Crippen LogP contribution in [0.2, 0.25) is 0 Å². The average molecular weight is 420 g/mol. The van der Waals surface area contributed by atoms with Gasteiger partial charge in [0.15, 0.2) is 9.84 Å². The molecule has 0 bridgehead atoms. The van der Waals surface area contributed by atoms with Gasteiger partial charge in [-0.2, -0.15) is 5.10 Å². The van der Waals surface area contributed by atoms with Crippen LogP contribution in [0.15, 0.2) is 48.1 Å². The monoisotopic (exact) mass is 419 g/mol. The Balaban J connectivity index is 1.90. The highest BCUT2D eigenvalue weighted by Gasteiger charge is 2.42. The Kier molecular flexibility index (Phi) is 6.36. The van der Waals surface area contributed by atoms with Crippen molar-refractivity contribution < 1.29 is 22.7 Å². The van der Waals surface area contributed by atoms with Crippen LogP contribution in [0.3, 0.4) is 0 Å². The second-order valence-corrected chi connectivity index (χ2v) is 9.23. The van der Waals surface area contributed by atoms with E-state index in [2.05, 4.69) is 11.7 Å². The highest BCUT2D eigenvalue weighted by atomic mass is 32.2. The zero-order valence-electron chi connectivity index (χ0n) is 16.4. The van der Waals surface area contributed by atoms with Crippen LogP contribution in [0, 0.1) is 0 Å². The molecule has 29 heavy (non-hydrogen) atoms. The third kappa shape index (κ3) is 4.67. The van der Waals surface area contributed by atoms with Crippen molar-refractivity contribution in [1.29, 1.82) is 0 Å². The van der Waals surface area contributed by atoms with E-state index < -0.39 is 27.9 Å². The van der Waals surface area contributed by atoms with Crippen LogP contribution in [0.5, 0.6) is 0 Å². The molecule has 3 rings (SSSR count). The summed E-state index contributed by atoms with van der Waals surface area (Å²) in [6.07, 6.45) is 2.07. The molecule has 2 unspecified atom stereocenters. The van der Waals surface area contributed by atoms with E-state index >= 15 is 0 Å². The summed E-state index contributed by atoms with van der Waals surface area (Å²) in [6, 6.07) is 7.93. The maximum atomic E-state index is 13.5. The van der Waals surface area contributed by atoms with Gasteiger partial charge in [-0.05, 0) is 25.5 Å². The quantitative estimate of drug-likeness (QED) is 0.489. The molecule has 2 heterocycles. The zero-order valence-corrected chi connectivity index (χ0v) is 17.2. The summed E-state index contributed by atoms with van der Waals surface area (Å²) < 4.78 is 28.9. The predicted molar refractivity (Wildman–Crippen MR) is 110 cm³/mol. The molecule has 1 amide bonds. The average Bonchev–Trinajstić information content (AvgIpc) is 3.30. The molecule has 156 valence electrons. The lowest BCUT2D eigenvalue weighted by molar-refractivity contribution is -0.135. The first-order chi connectivity index (χ1) is 13.9. The third-order valence-electron chi connectivity index (χ3n) is 4.99. The SMILES string of the molecule is C=CCN(C(=O)C1CC(C(=O)OCC)=NN1c1ccccc1)C1CCS(=O)(=O)C1. The van der Waals surface area contributed by atoms with Crippen molar-refractivity contribution in [2.45, 2.75) is 31.8 Å². The summed E-state index contributed by atoms with van der Waals surface area (Å²) in [7, 11) is -3.16. The predicted octanol–water partition coefficient (Wildman–Crippen LogP) is 1.39. The number of hydrazone groups is 1. The molecule has 9 heteroatoms. The highest BCUT2D eigenvalue weighted by Crippen LogP contribution is 2.28. The molecule has 8 nitrogen and oxygen atoms in total. The number of carbonyl (C=O) groups excluding carboxylic acids is 2. The van der Waals surface area contributed by atoms with Gasteiger partial charge >= 0.3 is 5.97 Å². The number of hydrogen-bond donors (Lipinski definition) is 0. The van der Waals surface area contributed by atoms with E-state index in [1.54, 1.807) is 30.0 Å². The molecule has 1 aromatic carbocycles. The molecule has 2 aliphatic heterocycles. The van der Waals surface area contributed by atoms with E-state index in [4.69, 9.17) is 4.74 Å². The highest BCUT2D eigenvalue weighted by molar-refractivity contribution is 7.91. The summed E-state index contributed by atoms with van der Waals surface area (Å²) in [5.41, 5.74) is 0.842. The normalized spacial score (nSPS) is 22.8. The fourth-order valence-corrected chi connectivity index (χ4v) is 5.36. The van der Waals surface area contributed by atoms with Crippen molar-refractivity contribution in [1.82, 2.24) is 4.90 Å². The Morgan fingerprint density at radius 3 is 2.66 bits per heavy atom. The Labute approximate surface area is 170 Å². The van der Waals surface area contributed by atoms with Gasteiger partial charge < -0.3 is 9.64 Å². The van der Waals surface area contributed by atoms with Crippen molar-refractivity contribution in [3.63, 3.8) is 0 Å². The number of esters is 1. The van der Waals surface area contributed by atoms with Crippen molar-refractivity contribution >= 4 is 33.1 Å². The first-order valence-electron chi connectivity index (χ1n) is 9.57. The first-order valence-corrected chi connectivity index (χ1v) is 11.4. The van der Waals surface area contributed by atoms with E-state index in [9.17, 15) is 18.0 Å². The summed E-state index contributed by atoms with van der Waals surface area (Å²) in [5.74, 6) is -0.826. The fraction of sp³-hybridized carbons (Fsp3) is 0.450. The van der Waals surface area contributed by atoms with Crippen LogP contribution < -0.4 is 5.01 Å². The summed E-state index contributed by atoms with van der Waals surface area (Å²) in [6.45, 7) is 5.85. The van der Waals surface area contributed by atoms with Crippen molar-refractivity contribution in [3.8, 4) is 0 Å². The van der Waals surface area contributed by atoms with Crippen LogP contribution >= 0.6 is 0 Å². The number of sulfone groups is 1. The lowest BCUT2D eigenvalue weighted by Crippen LogP contribution is -2.50. The first kappa shape index (κ1) is 21.0. The maximum Gasteiger partial charge on any atom is 0.354 e. The number of ether oxygens (including phenoxy) is 1. The van der Waals surface area contributed by atoms with Crippen molar-refractivity contribution in [2.75, 3.05) is 29.7 Å². The molecule has 0 spiro atoms. The maximum absolute atomic E-state index is 13.5. The summed E-state index contributed by atoms with van der Waals surface area (Å²) in [5, 5.41) is 5.88. The Morgan fingerprint density at radius 2 is 2.07 bits per heavy atom. The smallest absolute Gasteiger partial charge is 0.354 e. The van der Waals surface area contributed by atoms with Crippen molar-refractivity contribution in [2.24, 2.45) is 5.10 Å². The number of para-hydroxylation sites is 1. The van der Waals surface area contributed by atoms with Crippen LogP contribution in [0.25, 0.3) is 0 Å². The molecule has 1 aromatic rings. The van der Waals surface area contributed by atoms with Gasteiger partial charge in [0.25, 0.3) is 0 Å². The fourth-order valence-electron chi connectivity index (χ4n) is 3.63. The molecule has 0 aromatic heterocycles. The van der Waals surface area contributed by atoms with Crippen LogP contribution in [-0.4, -0.2) is 67.6 Å². The number of hydrogen-bond acceptors (Lipinski definition) is 7. The number of nitrogens with zero attached hydrogens (tertiary/aromatic N) is 3. The van der Waals surface area contributed by atoms with E-state index in [1.165, 1.54) is 5.01 Å². The van der Waals surface area contributed by atoms with E-state index in [-0.39, 0.29) is 42.7 Å². The second kappa shape index (κ2) is 8.77. The van der Waals surface area contributed by atoms with Crippen LogP contribution in [-0.2, 0) is 24.2 Å². The summed E-state index contributed by atoms with van der Waals surface area (Å²) >= 11 is 0. The minimum absolute atomic E-state index is 0.0593. The minimum Gasteiger partial charge on any atom is -0.461 e. The molecular formula is C20H25N3O5S. The number of rotatable bonds is 7. The zero-order chi connectivity index (χ0) is 21.0. The van der Waals surface area contributed by atoms with Crippen LogP contribution in [0.4, 0.5) is 5.69 Å². The Bertz CT molecular complexity index is 913. The van der Waals surface area contributed by atoms with E-state index in [1.807, 2.05) is 18.2 Å². The molecule has 2 atom stereocenters. The van der Waals surface area contributed by atoms with Gasteiger partial charge in [-0.1, -0.05) is 24.3 Å². The van der Waals surface area contributed by atoms with Gasteiger partial charge in [0.2, 0.25) is 5.91 Å². The lowest BCUT2D eigenvalue weighted by Gasteiger charge is -2.32. The molecule has 0 radical (unpaired) electrons. The van der Waals surface area contributed by atoms with Gasteiger partial charge in [0, 0.05) is 19.0 Å². The number of anilines is 1. The largest absolute Gasteiger partial charge is 0.461 e. The molecule has 0 aliphatic carbocycles. The van der Waals surface area contributed by atoms with E-state index in [0.29, 0.717) is 12.1 Å². The molecule has 1 fully saturated rings. The van der Waals surface area contributed by atoms with E-state index in [0.717, 1.165) is 0 Å². The lowest BCUT2D eigenvalue weighted by atomic mass is 10.1. The summed E-state index contributed by atoms with van der Waals surface area (Å²) in [4.78, 5) is 27.2. The van der Waals surface area contributed by atoms with Crippen LogP contribution in [0.1, 0.15) is 19.8 Å². The standard InChI is InChI=1S/C20H25N3O5S/c1-3-11-22(16-10-12-29(26,27)14-16)19(24)18-13-17(20(25)28-4-2)21-23(18)15-8-6-5-7-9-15/h3,5-9,16,18H,1,4,10-14H2,2H3. The second-order valence-electron chi connectivity index (χ2n) is 7.00. The molecular weight excluding hydrogens is 394 g/mol. The molecule has 0 saturated carbocycles.